The summed E-state index contributed by atoms with van der Waals surface area (Å²) < 4.78 is 2.10. The summed E-state index contributed by atoms with van der Waals surface area (Å²) in [6.07, 6.45) is 1.38. The van der Waals surface area contributed by atoms with Gasteiger partial charge in [0.05, 0.1) is 6.54 Å². The summed E-state index contributed by atoms with van der Waals surface area (Å²) >= 11 is 0. The minimum Gasteiger partial charge on any atom is -0.348 e. The number of rotatable bonds is 7. The first-order chi connectivity index (χ1) is 13.4. The Hall–Kier alpha value is -2.89. The van der Waals surface area contributed by atoms with E-state index < -0.39 is 11.6 Å². The van der Waals surface area contributed by atoms with Gasteiger partial charge in [-0.05, 0) is 38.3 Å². The van der Waals surface area contributed by atoms with Gasteiger partial charge in [0.1, 0.15) is 5.54 Å². The van der Waals surface area contributed by atoms with E-state index in [4.69, 9.17) is 0 Å². The molecule has 1 aromatic heterocycles. The van der Waals surface area contributed by atoms with Gasteiger partial charge in [0.15, 0.2) is 5.78 Å². The van der Waals surface area contributed by atoms with Gasteiger partial charge in [0.25, 0.3) is 5.91 Å². The number of benzene rings is 1. The zero-order valence-electron chi connectivity index (χ0n) is 16.9. The number of amides is 3. The van der Waals surface area contributed by atoms with Crippen molar-refractivity contribution >= 4 is 17.7 Å². The molecular formula is C22H27N3O3. The number of ketones is 1. The van der Waals surface area contributed by atoms with E-state index in [0.29, 0.717) is 12.0 Å². The molecule has 0 bridgehead atoms. The van der Waals surface area contributed by atoms with Crippen molar-refractivity contribution in [3.63, 3.8) is 0 Å². The van der Waals surface area contributed by atoms with Crippen molar-refractivity contribution in [3.8, 4) is 0 Å². The number of carbonyl (C=O) groups excluding carboxylic acids is 3. The fourth-order valence-electron chi connectivity index (χ4n) is 4.01. The van der Waals surface area contributed by atoms with Crippen LogP contribution < -0.4 is 5.32 Å². The first-order valence-electron chi connectivity index (χ1n) is 9.75. The number of imide groups is 1. The molecule has 1 saturated heterocycles. The summed E-state index contributed by atoms with van der Waals surface area (Å²) in [4.78, 5) is 39.8. The molecule has 0 unspecified atom stereocenters. The van der Waals surface area contributed by atoms with E-state index in [-0.39, 0.29) is 18.2 Å². The lowest BCUT2D eigenvalue weighted by atomic mass is 9.87. The van der Waals surface area contributed by atoms with Crippen LogP contribution in [-0.4, -0.2) is 33.7 Å². The van der Waals surface area contributed by atoms with E-state index in [0.717, 1.165) is 34.8 Å². The number of urea groups is 1. The lowest BCUT2D eigenvalue weighted by Gasteiger charge is -2.25. The van der Waals surface area contributed by atoms with Crippen LogP contribution in [0.25, 0.3) is 0 Å². The van der Waals surface area contributed by atoms with Crippen LogP contribution in [0.2, 0.25) is 0 Å². The van der Waals surface area contributed by atoms with E-state index in [1.54, 1.807) is 0 Å². The fraction of sp³-hybridized carbons (Fsp3) is 0.409. The molecule has 0 aliphatic carbocycles. The lowest BCUT2D eigenvalue weighted by Crippen LogP contribution is -2.43. The first kappa shape index (κ1) is 19.9. The predicted molar refractivity (Wildman–Crippen MR) is 107 cm³/mol. The van der Waals surface area contributed by atoms with Gasteiger partial charge in [-0.2, -0.15) is 0 Å². The number of Topliss-reactive ketones (excluding diaryl/α,β-unsaturated/α-hetero) is 1. The van der Waals surface area contributed by atoms with Crippen LogP contribution in [0.5, 0.6) is 0 Å². The quantitative estimate of drug-likeness (QED) is 0.589. The molecule has 2 aromatic rings. The number of aryl methyl sites for hydroxylation is 1. The smallest absolute Gasteiger partial charge is 0.325 e. The summed E-state index contributed by atoms with van der Waals surface area (Å²) in [7, 11) is 0. The molecule has 6 nitrogen and oxygen atoms in total. The monoisotopic (exact) mass is 381 g/mol. The predicted octanol–water partition coefficient (Wildman–Crippen LogP) is 3.55. The Labute approximate surface area is 165 Å². The molecular weight excluding hydrogens is 354 g/mol. The van der Waals surface area contributed by atoms with E-state index in [2.05, 4.69) is 16.8 Å². The zero-order chi connectivity index (χ0) is 20.5. The molecule has 1 aliphatic heterocycles. The molecule has 1 N–H and O–H groups in total. The van der Waals surface area contributed by atoms with E-state index in [1.165, 1.54) is 0 Å². The molecule has 1 aromatic carbocycles. The molecule has 0 saturated carbocycles. The Bertz CT molecular complexity index is 917. The first-order valence-corrected chi connectivity index (χ1v) is 9.75. The van der Waals surface area contributed by atoms with Gasteiger partial charge >= 0.3 is 6.03 Å². The number of nitrogens with one attached hydrogen (secondary N) is 1. The molecule has 3 rings (SSSR count). The van der Waals surface area contributed by atoms with Gasteiger partial charge in [0.2, 0.25) is 0 Å². The molecule has 1 atom stereocenters. The maximum Gasteiger partial charge on any atom is 0.325 e. The van der Waals surface area contributed by atoms with E-state index in [9.17, 15) is 14.4 Å². The van der Waals surface area contributed by atoms with Crippen molar-refractivity contribution < 1.29 is 14.4 Å². The van der Waals surface area contributed by atoms with Gasteiger partial charge in [-0.15, -0.1) is 0 Å². The highest BCUT2D eigenvalue weighted by Gasteiger charge is 2.51. The third-order valence-electron chi connectivity index (χ3n) is 5.60. The average Bonchev–Trinajstić information content (AvgIpc) is 3.11. The Kier molecular flexibility index (Phi) is 5.40. The van der Waals surface area contributed by atoms with Gasteiger partial charge < -0.3 is 9.88 Å². The average molecular weight is 381 g/mol. The lowest BCUT2D eigenvalue weighted by molar-refractivity contribution is -0.131. The van der Waals surface area contributed by atoms with Crippen LogP contribution in [0.4, 0.5) is 4.79 Å². The largest absolute Gasteiger partial charge is 0.348 e. The minimum absolute atomic E-state index is 0.223. The topological polar surface area (TPSA) is 71.4 Å². The van der Waals surface area contributed by atoms with Crippen molar-refractivity contribution in [1.82, 2.24) is 14.8 Å². The van der Waals surface area contributed by atoms with Crippen LogP contribution in [0.3, 0.4) is 0 Å². The number of aromatic nitrogens is 1. The third kappa shape index (κ3) is 3.13. The van der Waals surface area contributed by atoms with Crippen LogP contribution in [0.15, 0.2) is 36.4 Å². The highest BCUT2D eigenvalue weighted by molar-refractivity contribution is 6.11. The molecule has 0 spiro atoms. The van der Waals surface area contributed by atoms with Crippen molar-refractivity contribution in [3.05, 3.63) is 58.9 Å². The normalized spacial score (nSPS) is 19.2. The van der Waals surface area contributed by atoms with Crippen LogP contribution in [0, 0.1) is 13.8 Å². The summed E-state index contributed by atoms with van der Waals surface area (Å²) in [5.41, 5.74) is 2.07. The fourth-order valence-corrected chi connectivity index (χ4v) is 4.01. The molecule has 28 heavy (non-hydrogen) atoms. The summed E-state index contributed by atoms with van der Waals surface area (Å²) in [6.45, 7) is 8.39. The van der Waals surface area contributed by atoms with Crippen LogP contribution >= 0.6 is 0 Å². The van der Waals surface area contributed by atoms with Crippen molar-refractivity contribution in [2.24, 2.45) is 0 Å². The zero-order valence-corrected chi connectivity index (χ0v) is 16.9. The summed E-state index contributed by atoms with van der Waals surface area (Å²) in [6, 6.07) is 10.5. The van der Waals surface area contributed by atoms with Gasteiger partial charge in [0, 0.05) is 23.5 Å². The third-order valence-corrected chi connectivity index (χ3v) is 5.60. The second-order valence-electron chi connectivity index (χ2n) is 7.31. The highest BCUT2D eigenvalue weighted by atomic mass is 16.2. The summed E-state index contributed by atoms with van der Waals surface area (Å²) in [5, 5.41) is 2.82. The second-order valence-corrected chi connectivity index (χ2v) is 7.31. The Balaban J connectivity index is 1.87. The molecule has 2 heterocycles. The minimum atomic E-state index is -1.11. The highest BCUT2D eigenvalue weighted by Crippen LogP contribution is 2.32. The van der Waals surface area contributed by atoms with Gasteiger partial charge in [-0.3, -0.25) is 14.5 Å². The van der Waals surface area contributed by atoms with Crippen LogP contribution in [-0.2, 0) is 16.9 Å². The Morgan fingerprint density at radius 1 is 1.11 bits per heavy atom. The number of hydrogen-bond donors (Lipinski definition) is 1. The Morgan fingerprint density at radius 3 is 2.39 bits per heavy atom. The molecule has 6 heteroatoms. The standard InChI is InChI=1S/C22H27N3O3/c1-5-12-24-15(3)13-18(16(24)4)19(26)14-25-20(27)22(6-2,23-21(25)28)17-10-8-7-9-11-17/h7-11,13H,5-6,12,14H2,1-4H3,(H,23,28)/t22-/m0/s1. The number of hydrogen-bond acceptors (Lipinski definition) is 3. The van der Waals surface area contributed by atoms with E-state index >= 15 is 0 Å². The Morgan fingerprint density at radius 2 is 1.79 bits per heavy atom. The maximum absolute atomic E-state index is 13.2. The van der Waals surface area contributed by atoms with Crippen LogP contribution in [0.1, 0.15) is 54.0 Å². The maximum atomic E-state index is 13.2. The van der Waals surface area contributed by atoms with Gasteiger partial charge in [-0.1, -0.05) is 44.2 Å². The van der Waals surface area contributed by atoms with Crippen molar-refractivity contribution in [2.75, 3.05) is 6.54 Å². The molecule has 1 aliphatic rings. The second kappa shape index (κ2) is 7.62. The SMILES string of the molecule is CCCn1c(C)cc(C(=O)CN2C(=O)N[C@@](CC)(c3ccccc3)C2=O)c1C. The molecule has 148 valence electrons. The number of carbonyl (C=O) groups is 3. The number of nitrogens with zero attached hydrogens (tertiary/aromatic N) is 2. The van der Waals surface area contributed by atoms with Crippen molar-refractivity contribution in [1.29, 1.82) is 0 Å². The molecule has 1 fully saturated rings. The van der Waals surface area contributed by atoms with Gasteiger partial charge in [-0.25, -0.2) is 4.79 Å². The molecule has 0 radical (unpaired) electrons. The van der Waals surface area contributed by atoms with Crippen molar-refractivity contribution in [2.45, 2.75) is 52.6 Å². The summed E-state index contributed by atoms with van der Waals surface area (Å²) in [5.74, 6) is -0.596. The molecule has 3 amide bonds. The van der Waals surface area contributed by atoms with E-state index in [1.807, 2.05) is 57.2 Å².